The Balaban J connectivity index is 2.33. The highest BCUT2D eigenvalue weighted by Crippen LogP contribution is 2.20. The summed E-state index contributed by atoms with van der Waals surface area (Å²) in [7, 11) is -3.89. The maximum Gasteiger partial charge on any atom is 0.244 e. The molecular weight excluding hydrogens is 513 g/mol. The largest absolute Gasteiger partial charge is 0.354 e. The van der Waals surface area contributed by atoms with Crippen LogP contribution in [-0.2, 0) is 26.2 Å². The van der Waals surface area contributed by atoms with Crippen molar-refractivity contribution in [2.45, 2.75) is 39.3 Å². The summed E-state index contributed by atoms with van der Waals surface area (Å²) < 4.78 is 40.3. The molecule has 0 spiro atoms. The Morgan fingerprint density at radius 1 is 1.15 bits per heavy atom. The number of rotatable bonds is 11. The van der Waals surface area contributed by atoms with Crippen molar-refractivity contribution in [3.05, 3.63) is 64.4 Å². The number of amides is 2. The van der Waals surface area contributed by atoms with E-state index in [0.29, 0.717) is 6.54 Å². The van der Waals surface area contributed by atoms with Gasteiger partial charge in [0.15, 0.2) is 0 Å². The number of nitrogens with zero attached hydrogens (tertiary/aromatic N) is 2. The zero-order valence-electron chi connectivity index (χ0n) is 18.9. The van der Waals surface area contributed by atoms with Crippen LogP contribution in [-0.4, -0.2) is 50.5 Å². The smallest absolute Gasteiger partial charge is 0.244 e. The van der Waals surface area contributed by atoms with Crippen LogP contribution in [0.1, 0.15) is 32.3 Å². The van der Waals surface area contributed by atoms with E-state index in [1.807, 2.05) is 31.2 Å². The Labute approximate surface area is 203 Å². The first-order chi connectivity index (χ1) is 15.5. The minimum atomic E-state index is -3.89. The van der Waals surface area contributed by atoms with Gasteiger partial charge in [0, 0.05) is 17.6 Å². The van der Waals surface area contributed by atoms with Crippen molar-refractivity contribution < 1.29 is 22.4 Å². The van der Waals surface area contributed by atoms with Gasteiger partial charge in [0.1, 0.15) is 18.4 Å². The third-order valence-electron chi connectivity index (χ3n) is 5.04. The Hall–Kier alpha value is -2.46. The van der Waals surface area contributed by atoms with Gasteiger partial charge in [0.25, 0.3) is 0 Å². The van der Waals surface area contributed by atoms with Crippen LogP contribution in [0.15, 0.2) is 53.0 Å². The number of unbranched alkanes of at least 4 members (excludes halogenated alkanes) is 1. The average Bonchev–Trinajstić information content (AvgIpc) is 2.75. The monoisotopic (exact) mass is 541 g/mol. The van der Waals surface area contributed by atoms with Gasteiger partial charge < -0.3 is 10.2 Å². The van der Waals surface area contributed by atoms with Crippen LogP contribution in [0.4, 0.5) is 10.1 Å². The molecule has 180 valence electrons. The number of anilines is 1. The van der Waals surface area contributed by atoms with E-state index in [2.05, 4.69) is 21.2 Å². The van der Waals surface area contributed by atoms with E-state index in [4.69, 9.17) is 0 Å². The fourth-order valence-corrected chi connectivity index (χ4v) is 4.26. The lowest BCUT2D eigenvalue weighted by Crippen LogP contribution is -2.51. The number of hydrogen-bond donors (Lipinski definition) is 1. The predicted molar refractivity (Wildman–Crippen MR) is 131 cm³/mol. The molecule has 0 unspecified atom stereocenters. The third-order valence-corrected chi connectivity index (χ3v) is 6.71. The summed E-state index contributed by atoms with van der Waals surface area (Å²) >= 11 is 3.37. The zero-order chi connectivity index (χ0) is 24.6. The molecular formula is C23H29BrFN3O4S. The number of sulfonamides is 1. The third kappa shape index (κ3) is 8.12. The van der Waals surface area contributed by atoms with Gasteiger partial charge in [-0.3, -0.25) is 13.9 Å². The van der Waals surface area contributed by atoms with E-state index in [9.17, 15) is 22.4 Å². The first-order valence-corrected chi connectivity index (χ1v) is 13.2. The number of benzene rings is 2. The molecule has 2 aromatic rings. The topological polar surface area (TPSA) is 86.8 Å². The van der Waals surface area contributed by atoms with Crippen molar-refractivity contribution in [3.63, 3.8) is 0 Å². The Morgan fingerprint density at radius 2 is 1.82 bits per heavy atom. The molecule has 0 aliphatic rings. The second-order valence-corrected chi connectivity index (χ2v) is 10.5. The molecule has 2 rings (SSSR count). The number of carbonyl (C=O) groups is 2. The number of carbonyl (C=O) groups excluding carboxylic acids is 2. The molecule has 0 heterocycles. The van der Waals surface area contributed by atoms with Gasteiger partial charge >= 0.3 is 0 Å². The van der Waals surface area contributed by atoms with Gasteiger partial charge in [-0.2, -0.15) is 0 Å². The molecule has 7 nitrogen and oxygen atoms in total. The van der Waals surface area contributed by atoms with Crippen molar-refractivity contribution >= 4 is 43.5 Å². The summed E-state index contributed by atoms with van der Waals surface area (Å²) in [6.45, 7) is 3.63. The normalized spacial score (nSPS) is 12.2. The quantitative estimate of drug-likeness (QED) is 0.439. The first kappa shape index (κ1) is 26.8. The summed E-state index contributed by atoms with van der Waals surface area (Å²) in [6.07, 6.45) is 2.67. The van der Waals surface area contributed by atoms with Crippen LogP contribution < -0.4 is 9.62 Å². The summed E-state index contributed by atoms with van der Waals surface area (Å²) in [5.74, 6) is -1.53. The van der Waals surface area contributed by atoms with Crippen molar-refractivity contribution in [1.29, 1.82) is 0 Å². The summed E-state index contributed by atoms with van der Waals surface area (Å²) in [6, 6.07) is 11.4. The lowest BCUT2D eigenvalue weighted by molar-refractivity contribution is -0.139. The molecule has 0 bridgehead atoms. The molecule has 0 aliphatic heterocycles. The second kappa shape index (κ2) is 12.1. The van der Waals surface area contributed by atoms with E-state index in [1.54, 1.807) is 6.92 Å². The van der Waals surface area contributed by atoms with Crippen molar-refractivity contribution in [2.24, 2.45) is 0 Å². The molecule has 0 fully saturated rings. The highest BCUT2D eigenvalue weighted by atomic mass is 79.9. The van der Waals surface area contributed by atoms with Crippen LogP contribution in [0.25, 0.3) is 0 Å². The molecule has 10 heteroatoms. The standard InChI is InChI=1S/C23H29BrFN3O4S/c1-4-5-13-26-23(30)17(2)27(15-18-9-11-19(24)12-10-18)22(29)16-28(33(3,31)32)21-8-6-7-20(25)14-21/h6-12,14,17H,4-5,13,15-16H2,1-3H3,(H,26,30)/t17-/m0/s1. The molecule has 0 aromatic heterocycles. The van der Waals surface area contributed by atoms with Crippen molar-refractivity contribution in [2.75, 3.05) is 23.7 Å². The van der Waals surface area contributed by atoms with E-state index >= 15 is 0 Å². The molecule has 2 aromatic carbocycles. The lowest BCUT2D eigenvalue weighted by atomic mass is 10.1. The van der Waals surface area contributed by atoms with Crippen LogP contribution in [0.3, 0.4) is 0 Å². The highest BCUT2D eigenvalue weighted by Gasteiger charge is 2.30. The molecule has 0 saturated heterocycles. The Kier molecular flexibility index (Phi) is 9.85. The van der Waals surface area contributed by atoms with Gasteiger partial charge in [0.2, 0.25) is 21.8 Å². The van der Waals surface area contributed by atoms with Gasteiger partial charge in [-0.05, 0) is 49.2 Å². The Bertz CT molecular complexity index is 1060. The van der Waals surface area contributed by atoms with Crippen LogP contribution in [0.5, 0.6) is 0 Å². The second-order valence-electron chi connectivity index (χ2n) is 7.72. The molecule has 1 atom stereocenters. The number of hydrogen-bond acceptors (Lipinski definition) is 4. The van der Waals surface area contributed by atoms with Gasteiger partial charge in [-0.1, -0.05) is 47.5 Å². The summed E-state index contributed by atoms with van der Waals surface area (Å²) in [5.41, 5.74) is 0.811. The van der Waals surface area contributed by atoms with E-state index in [1.165, 1.54) is 23.1 Å². The minimum absolute atomic E-state index is 0.0366. The molecule has 0 saturated carbocycles. The first-order valence-electron chi connectivity index (χ1n) is 10.6. The molecule has 0 aliphatic carbocycles. The summed E-state index contributed by atoms with van der Waals surface area (Å²) in [4.78, 5) is 27.4. The van der Waals surface area contributed by atoms with Gasteiger partial charge in [0.05, 0.1) is 11.9 Å². The van der Waals surface area contributed by atoms with Crippen molar-refractivity contribution in [3.8, 4) is 0 Å². The van der Waals surface area contributed by atoms with Crippen LogP contribution >= 0.6 is 15.9 Å². The SMILES string of the molecule is CCCCNC(=O)[C@H](C)N(Cc1ccc(Br)cc1)C(=O)CN(c1cccc(F)c1)S(C)(=O)=O. The number of nitrogens with one attached hydrogen (secondary N) is 1. The minimum Gasteiger partial charge on any atom is -0.354 e. The molecule has 1 N–H and O–H groups in total. The lowest BCUT2D eigenvalue weighted by Gasteiger charge is -2.31. The Morgan fingerprint density at radius 3 is 2.39 bits per heavy atom. The molecule has 33 heavy (non-hydrogen) atoms. The summed E-state index contributed by atoms with van der Waals surface area (Å²) in [5, 5.41) is 2.81. The van der Waals surface area contributed by atoms with Crippen LogP contribution in [0.2, 0.25) is 0 Å². The molecule has 0 radical (unpaired) electrons. The molecule has 2 amide bonds. The van der Waals surface area contributed by atoms with E-state index < -0.39 is 34.3 Å². The maximum absolute atomic E-state index is 13.7. The predicted octanol–water partition coefficient (Wildman–Crippen LogP) is 3.69. The van der Waals surface area contributed by atoms with Gasteiger partial charge in [-0.25, -0.2) is 12.8 Å². The van der Waals surface area contributed by atoms with E-state index in [-0.39, 0.29) is 18.1 Å². The van der Waals surface area contributed by atoms with Crippen molar-refractivity contribution in [1.82, 2.24) is 10.2 Å². The van der Waals surface area contributed by atoms with Gasteiger partial charge in [-0.15, -0.1) is 0 Å². The fraction of sp³-hybridized carbons (Fsp3) is 0.391. The highest BCUT2D eigenvalue weighted by molar-refractivity contribution is 9.10. The maximum atomic E-state index is 13.7. The zero-order valence-corrected chi connectivity index (χ0v) is 21.3. The fourth-order valence-electron chi connectivity index (χ4n) is 3.15. The number of halogens is 2. The van der Waals surface area contributed by atoms with Crippen LogP contribution in [0, 0.1) is 5.82 Å². The average molecular weight is 542 g/mol. The van der Waals surface area contributed by atoms with E-state index in [0.717, 1.165) is 39.5 Å².